The van der Waals surface area contributed by atoms with Gasteiger partial charge in [0.05, 0.1) is 0 Å². The Bertz CT molecular complexity index is 959. The van der Waals surface area contributed by atoms with Crippen molar-refractivity contribution in [3.63, 3.8) is 0 Å². The van der Waals surface area contributed by atoms with E-state index in [4.69, 9.17) is 0 Å². The summed E-state index contributed by atoms with van der Waals surface area (Å²) in [6.45, 7) is 2.16. The minimum atomic E-state index is -0.529. The molecular weight excluding hydrogens is 262 g/mol. The van der Waals surface area contributed by atoms with E-state index >= 15 is 0 Å². The van der Waals surface area contributed by atoms with Crippen molar-refractivity contribution in [2.75, 3.05) is 0 Å². The molecular formula is C12H11N5O3. The lowest BCUT2D eigenvalue weighted by Gasteiger charge is -1.99. The summed E-state index contributed by atoms with van der Waals surface area (Å²) >= 11 is 0. The second kappa shape index (κ2) is 4.34. The molecule has 3 N–H and O–H groups in total. The van der Waals surface area contributed by atoms with E-state index < -0.39 is 11.2 Å². The van der Waals surface area contributed by atoms with E-state index in [1.54, 1.807) is 13.0 Å². The van der Waals surface area contributed by atoms with Gasteiger partial charge in [-0.25, -0.2) is 9.78 Å². The van der Waals surface area contributed by atoms with Crippen LogP contribution in [0.1, 0.15) is 6.92 Å². The lowest BCUT2D eigenvalue weighted by molar-refractivity contribution is 0.720. The van der Waals surface area contributed by atoms with Gasteiger partial charge in [0.1, 0.15) is 11.3 Å². The third-order valence-electron chi connectivity index (χ3n) is 3.00. The first kappa shape index (κ1) is 12.2. The minimum absolute atomic E-state index is 0.210. The summed E-state index contributed by atoms with van der Waals surface area (Å²) in [5.41, 5.74) is -0.283. The van der Waals surface area contributed by atoms with Gasteiger partial charge in [-0.05, 0) is 13.0 Å². The van der Waals surface area contributed by atoms with E-state index in [9.17, 15) is 14.4 Å². The number of aryl methyl sites for hydroxylation is 1. The summed E-state index contributed by atoms with van der Waals surface area (Å²) < 4.78 is 1.35. The standard InChI is InChI=1S/C12H11N5O3/c1-2-17-10-8(11(19)16-12(17)20)14-9(15-10)6-3-4-13-7(18)5-6/h3-5H,2H2,1H3,(H,13,18)(H,14,15)(H,16,19,20). The Morgan fingerprint density at radius 2 is 2.05 bits per heavy atom. The Labute approximate surface area is 111 Å². The van der Waals surface area contributed by atoms with Crippen LogP contribution in [0, 0.1) is 0 Å². The molecule has 3 aromatic heterocycles. The highest BCUT2D eigenvalue weighted by Gasteiger charge is 2.13. The molecule has 0 aliphatic carbocycles. The van der Waals surface area contributed by atoms with Gasteiger partial charge in [0, 0.05) is 24.4 Å². The van der Waals surface area contributed by atoms with Crippen molar-refractivity contribution in [1.29, 1.82) is 0 Å². The molecule has 0 amide bonds. The maximum atomic E-state index is 11.8. The number of nitrogens with zero attached hydrogens (tertiary/aromatic N) is 2. The average molecular weight is 273 g/mol. The van der Waals surface area contributed by atoms with Crippen molar-refractivity contribution in [2.24, 2.45) is 0 Å². The zero-order valence-corrected chi connectivity index (χ0v) is 10.6. The Hall–Kier alpha value is -2.90. The molecule has 8 heteroatoms. The van der Waals surface area contributed by atoms with Crippen molar-refractivity contribution in [1.82, 2.24) is 24.5 Å². The van der Waals surface area contributed by atoms with E-state index in [1.165, 1.54) is 16.8 Å². The van der Waals surface area contributed by atoms with Crippen LogP contribution < -0.4 is 16.8 Å². The normalized spacial score (nSPS) is 11.1. The number of nitrogens with one attached hydrogen (secondary N) is 3. The van der Waals surface area contributed by atoms with Gasteiger partial charge in [-0.15, -0.1) is 0 Å². The molecule has 0 aliphatic rings. The first-order valence-corrected chi connectivity index (χ1v) is 6.02. The van der Waals surface area contributed by atoms with Crippen LogP contribution in [0.15, 0.2) is 32.7 Å². The van der Waals surface area contributed by atoms with Gasteiger partial charge < -0.3 is 9.97 Å². The maximum absolute atomic E-state index is 11.8. The number of rotatable bonds is 2. The summed E-state index contributed by atoms with van der Waals surface area (Å²) in [5.74, 6) is 0.365. The molecule has 0 saturated carbocycles. The number of aromatic amines is 3. The van der Waals surface area contributed by atoms with Gasteiger partial charge in [-0.2, -0.15) is 0 Å². The van der Waals surface area contributed by atoms with Crippen molar-refractivity contribution in [3.05, 3.63) is 49.5 Å². The topological polar surface area (TPSA) is 116 Å². The molecule has 0 radical (unpaired) electrons. The zero-order chi connectivity index (χ0) is 14.3. The van der Waals surface area contributed by atoms with E-state index in [1.807, 2.05) is 0 Å². The van der Waals surface area contributed by atoms with Gasteiger partial charge in [0.25, 0.3) is 5.56 Å². The molecule has 0 aromatic carbocycles. The van der Waals surface area contributed by atoms with Crippen LogP contribution in [0.4, 0.5) is 0 Å². The molecule has 3 aromatic rings. The van der Waals surface area contributed by atoms with E-state index in [2.05, 4.69) is 19.9 Å². The van der Waals surface area contributed by atoms with Gasteiger partial charge in [-0.1, -0.05) is 0 Å². The molecule has 3 rings (SSSR count). The Morgan fingerprint density at radius 1 is 1.25 bits per heavy atom. The Morgan fingerprint density at radius 3 is 2.75 bits per heavy atom. The molecule has 0 unspecified atom stereocenters. The van der Waals surface area contributed by atoms with Crippen molar-refractivity contribution in [2.45, 2.75) is 13.5 Å². The van der Waals surface area contributed by atoms with E-state index in [-0.39, 0.29) is 16.7 Å². The Kier molecular flexibility index (Phi) is 2.63. The maximum Gasteiger partial charge on any atom is 0.330 e. The van der Waals surface area contributed by atoms with Crippen LogP contribution in [0.25, 0.3) is 22.6 Å². The third-order valence-corrected chi connectivity index (χ3v) is 3.00. The molecule has 0 aliphatic heterocycles. The molecule has 102 valence electrons. The zero-order valence-electron chi connectivity index (χ0n) is 10.6. The van der Waals surface area contributed by atoms with Crippen molar-refractivity contribution in [3.8, 4) is 11.4 Å². The number of hydrogen-bond acceptors (Lipinski definition) is 4. The fourth-order valence-electron chi connectivity index (χ4n) is 2.06. The van der Waals surface area contributed by atoms with Crippen LogP contribution >= 0.6 is 0 Å². The van der Waals surface area contributed by atoms with Crippen LogP contribution in [0.5, 0.6) is 0 Å². The number of H-pyrrole nitrogens is 3. The van der Waals surface area contributed by atoms with Gasteiger partial charge >= 0.3 is 5.69 Å². The molecule has 20 heavy (non-hydrogen) atoms. The smallest absolute Gasteiger partial charge is 0.330 e. The number of pyridine rings is 1. The molecule has 0 bridgehead atoms. The molecule has 8 nitrogen and oxygen atoms in total. The fourth-order valence-corrected chi connectivity index (χ4v) is 2.06. The van der Waals surface area contributed by atoms with Gasteiger partial charge in [0.15, 0.2) is 5.65 Å². The van der Waals surface area contributed by atoms with Crippen molar-refractivity contribution < 1.29 is 0 Å². The van der Waals surface area contributed by atoms with E-state index in [0.717, 1.165) is 0 Å². The monoisotopic (exact) mass is 273 g/mol. The SMILES string of the molecule is CCn1c(=O)[nH]c(=O)c2[nH]c(-c3cc[nH]c(=O)c3)nc21. The number of aromatic nitrogens is 5. The largest absolute Gasteiger partial charge is 0.332 e. The highest BCUT2D eigenvalue weighted by atomic mass is 16.2. The van der Waals surface area contributed by atoms with Gasteiger partial charge in [-0.3, -0.25) is 19.1 Å². The molecule has 0 atom stereocenters. The van der Waals surface area contributed by atoms with E-state index in [0.29, 0.717) is 17.9 Å². The fraction of sp³-hybridized carbons (Fsp3) is 0.167. The molecule has 0 fully saturated rings. The minimum Gasteiger partial charge on any atom is -0.332 e. The van der Waals surface area contributed by atoms with Crippen LogP contribution in [0.3, 0.4) is 0 Å². The van der Waals surface area contributed by atoms with Gasteiger partial charge in [0.2, 0.25) is 5.56 Å². The molecule has 0 spiro atoms. The predicted octanol–water partition coefficient (Wildman–Crippen LogP) is -0.212. The summed E-state index contributed by atoms with van der Waals surface area (Å²) in [6.07, 6.45) is 1.49. The first-order valence-electron chi connectivity index (χ1n) is 6.02. The highest BCUT2D eigenvalue weighted by Crippen LogP contribution is 2.15. The third kappa shape index (κ3) is 1.78. The number of hydrogen-bond donors (Lipinski definition) is 3. The molecule has 0 saturated heterocycles. The number of fused-ring (bicyclic) bond motifs is 1. The second-order valence-electron chi connectivity index (χ2n) is 4.23. The Balaban J connectivity index is 2.36. The summed E-state index contributed by atoms with van der Waals surface area (Å²) in [5, 5.41) is 0. The summed E-state index contributed by atoms with van der Waals surface area (Å²) in [4.78, 5) is 46.6. The van der Waals surface area contributed by atoms with Crippen LogP contribution in [-0.2, 0) is 6.54 Å². The van der Waals surface area contributed by atoms with Crippen LogP contribution in [0.2, 0.25) is 0 Å². The quantitative estimate of drug-likeness (QED) is 0.598. The lowest BCUT2D eigenvalue weighted by Crippen LogP contribution is -2.29. The second-order valence-corrected chi connectivity index (χ2v) is 4.23. The predicted molar refractivity (Wildman–Crippen MR) is 72.7 cm³/mol. The summed E-state index contributed by atoms with van der Waals surface area (Å²) in [7, 11) is 0. The summed E-state index contributed by atoms with van der Waals surface area (Å²) in [6, 6.07) is 3.02. The van der Waals surface area contributed by atoms with Crippen LogP contribution in [-0.4, -0.2) is 24.5 Å². The average Bonchev–Trinajstić information content (AvgIpc) is 2.84. The lowest BCUT2D eigenvalue weighted by atomic mass is 10.2. The first-order chi connectivity index (χ1) is 9.60. The highest BCUT2D eigenvalue weighted by molar-refractivity contribution is 5.75. The van der Waals surface area contributed by atoms with Crippen molar-refractivity contribution >= 4 is 11.2 Å². The number of imidazole rings is 1. The molecule has 3 heterocycles.